The van der Waals surface area contributed by atoms with E-state index in [2.05, 4.69) is 6.92 Å². The van der Waals surface area contributed by atoms with Gasteiger partial charge in [0.2, 0.25) is 5.82 Å². The van der Waals surface area contributed by atoms with E-state index in [-0.39, 0.29) is 23.7 Å². The van der Waals surface area contributed by atoms with E-state index in [0.717, 1.165) is 31.2 Å². The van der Waals surface area contributed by atoms with Gasteiger partial charge in [-0.1, -0.05) is 62.9 Å². The van der Waals surface area contributed by atoms with E-state index in [9.17, 15) is 13.2 Å². The van der Waals surface area contributed by atoms with Gasteiger partial charge in [0.25, 0.3) is 0 Å². The Morgan fingerprint density at radius 3 is 2.22 bits per heavy atom. The van der Waals surface area contributed by atoms with Crippen molar-refractivity contribution in [2.45, 2.75) is 52.6 Å². The van der Waals surface area contributed by atoms with E-state index >= 15 is 0 Å². The molecule has 3 rings (SSSR count). The average molecular weight is 443 g/mol. The van der Waals surface area contributed by atoms with Gasteiger partial charge in [0.15, 0.2) is 11.6 Å². The highest BCUT2D eigenvalue weighted by Crippen LogP contribution is 2.30. The van der Waals surface area contributed by atoms with Crippen LogP contribution in [0.4, 0.5) is 13.2 Å². The molecule has 3 aromatic carbocycles. The molecule has 0 amide bonds. The first-order chi connectivity index (χ1) is 15.5. The molecule has 32 heavy (non-hydrogen) atoms. The van der Waals surface area contributed by atoms with Gasteiger partial charge in [-0.2, -0.15) is 4.39 Å². The number of aryl methyl sites for hydroxylation is 1. The van der Waals surface area contributed by atoms with Gasteiger partial charge in [-0.3, -0.25) is 0 Å². The summed E-state index contributed by atoms with van der Waals surface area (Å²) in [5.41, 5.74) is 2.11. The maximum atomic E-state index is 14.6. The van der Waals surface area contributed by atoms with Gasteiger partial charge in [-0.25, -0.2) is 8.78 Å². The number of unbranched alkanes of at least 4 members (excludes halogenated alkanes) is 4. The second-order valence-corrected chi connectivity index (χ2v) is 7.90. The Morgan fingerprint density at radius 1 is 0.750 bits per heavy atom. The molecule has 0 heterocycles. The van der Waals surface area contributed by atoms with E-state index in [4.69, 9.17) is 9.47 Å². The highest BCUT2D eigenvalue weighted by Gasteiger charge is 2.16. The summed E-state index contributed by atoms with van der Waals surface area (Å²) >= 11 is 0. The molecule has 0 atom stereocenters. The molecule has 0 radical (unpaired) electrons. The van der Waals surface area contributed by atoms with Crippen LogP contribution in [0.3, 0.4) is 0 Å². The maximum absolute atomic E-state index is 14.6. The van der Waals surface area contributed by atoms with E-state index in [1.54, 1.807) is 43.3 Å². The third kappa shape index (κ3) is 6.28. The molecule has 0 aromatic heterocycles. The van der Waals surface area contributed by atoms with Crippen LogP contribution in [-0.4, -0.2) is 6.61 Å². The van der Waals surface area contributed by atoms with Crippen LogP contribution < -0.4 is 9.47 Å². The van der Waals surface area contributed by atoms with Crippen LogP contribution in [0.5, 0.6) is 11.5 Å². The zero-order chi connectivity index (χ0) is 22.9. The summed E-state index contributed by atoms with van der Waals surface area (Å²) in [5.74, 6) is -1.83. The van der Waals surface area contributed by atoms with Crippen molar-refractivity contribution in [1.29, 1.82) is 0 Å². The van der Waals surface area contributed by atoms with Crippen LogP contribution in [0.1, 0.15) is 50.2 Å². The normalized spacial score (nSPS) is 10.9. The monoisotopic (exact) mass is 442 g/mol. The third-order valence-corrected chi connectivity index (χ3v) is 5.37. The molecule has 0 unspecified atom stereocenters. The molecule has 0 aliphatic carbocycles. The van der Waals surface area contributed by atoms with Crippen molar-refractivity contribution in [2.75, 3.05) is 6.61 Å². The van der Waals surface area contributed by atoms with Gasteiger partial charge in [0.05, 0.1) is 6.61 Å². The number of hydrogen-bond acceptors (Lipinski definition) is 2. The van der Waals surface area contributed by atoms with Crippen LogP contribution in [0.2, 0.25) is 0 Å². The largest absolute Gasteiger partial charge is 0.490 e. The van der Waals surface area contributed by atoms with E-state index in [1.807, 2.05) is 0 Å². The van der Waals surface area contributed by atoms with Gasteiger partial charge >= 0.3 is 0 Å². The first-order valence-electron chi connectivity index (χ1n) is 11.1. The topological polar surface area (TPSA) is 18.5 Å². The lowest BCUT2D eigenvalue weighted by Crippen LogP contribution is -2.02. The van der Waals surface area contributed by atoms with Crippen LogP contribution in [0, 0.1) is 24.4 Å². The lowest BCUT2D eigenvalue weighted by Gasteiger charge is -2.11. The summed E-state index contributed by atoms with van der Waals surface area (Å²) in [6.07, 6.45) is 5.29. The highest BCUT2D eigenvalue weighted by atomic mass is 19.2. The third-order valence-electron chi connectivity index (χ3n) is 5.37. The number of rotatable bonds is 11. The van der Waals surface area contributed by atoms with Crippen molar-refractivity contribution in [3.05, 3.63) is 83.2 Å². The molecule has 0 aliphatic heterocycles. The second-order valence-electron chi connectivity index (χ2n) is 7.90. The molecular weight excluding hydrogens is 413 g/mol. The maximum Gasteiger partial charge on any atom is 0.201 e. The summed E-state index contributed by atoms with van der Waals surface area (Å²) in [6, 6.07) is 14.7. The Labute approximate surface area is 188 Å². The Hall–Kier alpha value is -2.95. The van der Waals surface area contributed by atoms with Crippen LogP contribution in [0.25, 0.3) is 11.1 Å². The molecule has 0 N–H and O–H groups in total. The smallest absolute Gasteiger partial charge is 0.201 e. The lowest BCUT2D eigenvalue weighted by atomic mass is 10.0. The predicted octanol–water partition coefficient (Wildman–Crippen LogP) is 8.01. The molecule has 5 heteroatoms. The van der Waals surface area contributed by atoms with Crippen LogP contribution in [0.15, 0.2) is 54.6 Å². The predicted molar refractivity (Wildman–Crippen MR) is 122 cm³/mol. The molecule has 0 spiro atoms. The van der Waals surface area contributed by atoms with E-state index in [0.29, 0.717) is 23.5 Å². The Balaban J connectivity index is 1.60. The summed E-state index contributed by atoms with van der Waals surface area (Å²) in [5, 5.41) is 0. The molecule has 0 bridgehead atoms. The number of benzene rings is 3. The van der Waals surface area contributed by atoms with Gasteiger partial charge in [-0.05, 0) is 48.2 Å². The van der Waals surface area contributed by atoms with Crippen LogP contribution in [-0.2, 0) is 6.61 Å². The Morgan fingerprint density at radius 2 is 1.50 bits per heavy atom. The molecule has 0 fully saturated rings. The zero-order valence-corrected chi connectivity index (χ0v) is 18.6. The quantitative estimate of drug-likeness (QED) is 0.280. The first kappa shape index (κ1) is 23.7. The van der Waals surface area contributed by atoms with Crippen molar-refractivity contribution in [3.8, 4) is 22.6 Å². The number of halogens is 3. The minimum Gasteiger partial charge on any atom is -0.490 e. The molecular formula is C27H29F3O2. The van der Waals surface area contributed by atoms with Crippen molar-refractivity contribution < 1.29 is 22.6 Å². The molecule has 0 aliphatic rings. The van der Waals surface area contributed by atoms with Crippen molar-refractivity contribution >= 4 is 0 Å². The lowest BCUT2D eigenvalue weighted by molar-refractivity contribution is 0.285. The fourth-order valence-corrected chi connectivity index (χ4v) is 3.36. The molecule has 3 aromatic rings. The summed E-state index contributed by atoms with van der Waals surface area (Å²) in [6.45, 7) is 4.45. The Bertz CT molecular complexity index is 1020. The van der Waals surface area contributed by atoms with Gasteiger partial charge in [0.1, 0.15) is 18.2 Å². The average Bonchev–Trinajstić information content (AvgIpc) is 2.80. The van der Waals surface area contributed by atoms with Crippen LogP contribution >= 0.6 is 0 Å². The van der Waals surface area contributed by atoms with Gasteiger partial charge in [-0.15, -0.1) is 0 Å². The number of ether oxygens (including phenoxy) is 2. The Kier molecular flexibility index (Phi) is 8.60. The van der Waals surface area contributed by atoms with E-state index in [1.165, 1.54) is 24.6 Å². The number of hydrogen-bond donors (Lipinski definition) is 0. The van der Waals surface area contributed by atoms with Gasteiger partial charge < -0.3 is 9.47 Å². The molecule has 0 saturated carbocycles. The fraction of sp³-hybridized carbons (Fsp3) is 0.333. The minimum atomic E-state index is -0.968. The minimum absolute atomic E-state index is 0.0582. The van der Waals surface area contributed by atoms with Crippen molar-refractivity contribution in [2.24, 2.45) is 0 Å². The molecule has 0 saturated heterocycles. The first-order valence-corrected chi connectivity index (χ1v) is 11.1. The molecule has 2 nitrogen and oxygen atoms in total. The molecule has 170 valence electrons. The van der Waals surface area contributed by atoms with Gasteiger partial charge in [0, 0.05) is 11.6 Å². The van der Waals surface area contributed by atoms with Crippen molar-refractivity contribution in [1.82, 2.24) is 0 Å². The summed E-state index contributed by atoms with van der Waals surface area (Å²) in [4.78, 5) is 0. The van der Waals surface area contributed by atoms with Crippen molar-refractivity contribution in [3.63, 3.8) is 0 Å². The standard InChI is InChI=1S/C27H29F3O2/c1-3-4-5-6-7-16-31-25-15-14-23(26(29)27(25)30)21-11-9-20(10-12-21)18-32-22-13-8-19(2)24(28)17-22/h8-15,17H,3-7,16,18H2,1-2H3. The SMILES string of the molecule is CCCCCCCOc1ccc(-c2ccc(COc3ccc(C)c(F)c3)cc2)c(F)c1F. The fourth-order valence-electron chi connectivity index (χ4n) is 3.36. The summed E-state index contributed by atoms with van der Waals surface area (Å²) in [7, 11) is 0. The zero-order valence-electron chi connectivity index (χ0n) is 18.6. The van der Waals surface area contributed by atoms with E-state index < -0.39 is 11.6 Å². The summed E-state index contributed by atoms with van der Waals surface area (Å²) < 4.78 is 53.8. The highest BCUT2D eigenvalue weighted by molar-refractivity contribution is 5.65. The second kappa shape index (κ2) is 11.6.